The normalized spacial score (nSPS) is 10.7. The summed E-state index contributed by atoms with van der Waals surface area (Å²) in [5, 5.41) is 7.22. The van der Waals surface area contributed by atoms with Crippen LogP contribution in [0, 0.1) is 19.7 Å². The van der Waals surface area contributed by atoms with Crippen molar-refractivity contribution in [1.82, 2.24) is 9.78 Å². The first kappa shape index (κ1) is 18.6. The molecule has 0 saturated heterocycles. The fraction of sp³-hybridized carbons (Fsp3) is 0.238. The van der Waals surface area contributed by atoms with Gasteiger partial charge in [0.1, 0.15) is 5.82 Å². The first-order valence-electron chi connectivity index (χ1n) is 8.85. The quantitative estimate of drug-likeness (QED) is 0.689. The highest BCUT2D eigenvalue weighted by Gasteiger charge is 2.19. The van der Waals surface area contributed by atoms with E-state index in [0.717, 1.165) is 17.5 Å². The Morgan fingerprint density at radius 1 is 1.15 bits per heavy atom. The van der Waals surface area contributed by atoms with Crippen LogP contribution in [0.3, 0.4) is 0 Å². The second-order valence-electron chi connectivity index (χ2n) is 6.36. The van der Waals surface area contributed by atoms with E-state index in [1.807, 2.05) is 39.0 Å². The van der Waals surface area contributed by atoms with Crippen molar-refractivity contribution in [2.45, 2.75) is 27.2 Å². The van der Waals surface area contributed by atoms with Crippen LogP contribution in [0.2, 0.25) is 0 Å². The summed E-state index contributed by atoms with van der Waals surface area (Å²) in [6.07, 6.45) is 2.44. The lowest BCUT2D eigenvalue weighted by molar-refractivity contribution is 0.101. The van der Waals surface area contributed by atoms with Crippen LogP contribution >= 0.6 is 0 Å². The number of rotatable bonds is 6. The van der Waals surface area contributed by atoms with E-state index < -0.39 is 0 Å². The molecular formula is C21H22FN3O2. The molecule has 1 N–H and O–H groups in total. The maximum Gasteiger partial charge on any atom is 0.280 e. The maximum absolute atomic E-state index is 13.2. The molecule has 0 spiro atoms. The van der Waals surface area contributed by atoms with Crippen LogP contribution in [0.15, 0.2) is 48.7 Å². The molecule has 1 heterocycles. The number of hydrogen-bond acceptors (Lipinski definition) is 3. The first-order valence-corrected chi connectivity index (χ1v) is 8.85. The monoisotopic (exact) mass is 367 g/mol. The van der Waals surface area contributed by atoms with E-state index in [1.165, 1.54) is 16.8 Å². The van der Waals surface area contributed by atoms with Gasteiger partial charge in [0.2, 0.25) is 0 Å². The highest BCUT2D eigenvalue weighted by atomic mass is 19.1. The molecule has 0 aliphatic rings. The van der Waals surface area contributed by atoms with Gasteiger partial charge in [0, 0.05) is 5.69 Å². The summed E-state index contributed by atoms with van der Waals surface area (Å²) in [6.45, 7) is 6.46. The van der Waals surface area contributed by atoms with Crippen LogP contribution in [-0.4, -0.2) is 22.3 Å². The van der Waals surface area contributed by atoms with Crippen molar-refractivity contribution >= 4 is 11.6 Å². The van der Waals surface area contributed by atoms with Crippen LogP contribution in [0.4, 0.5) is 10.1 Å². The standard InChI is InChI=1S/C21H22FN3O2/c1-4-11-27-19-13-25(18-9-6-16(22)7-10-18)24-20(19)21(26)23-17-8-5-14(2)15(3)12-17/h5-10,12-13H,4,11H2,1-3H3,(H,23,26). The Bertz CT molecular complexity index is 949. The van der Waals surface area contributed by atoms with Crippen LogP contribution in [0.1, 0.15) is 35.0 Å². The molecule has 140 valence electrons. The van der Waals surface area contributed by atoms with Gasteiger partial charge < -0.3 is 10.1 Å². The average Bonchev–Trinajstić information content (AvgIpc) is 3.08. The van der Waals surface area contributed by atoms with Gasteiger partial charge in [-0.3, -0.25) is 4.79 Å². The second kappa shape index (κ2) is 8.03. The number of carbonyl (C=O) groups excluding carboxylic acids is 1. The average molecular weight is 367 g/mol. The number of aromatic nitrogens is 2. The summed E-state index contributed by atoms with van der Waals surface area (Å²) in [5.41, 5.74) is 3.77. The fourth-order valence-electron chi connectivity index (χ4n) is 2.57. The number of ether oxygens (including phenoxy) is 1. The third-order valence-corrected chi connectivity index (χ3v) is 4.21. The van der Waals surface area contributed by atoms with E-state index in [2.05, 4.69) is 10.4 Å². The Kier molecular flexibility index (Phi) is 5.54. The number of hydrogen-bond donors (Lipinski definition) is 1. The van der Waals surface area contributed by atoms with Gasteiger partial charge in [-0.1, -0.05) is 13.0 Å². The number of aryl methyl sites for hydroxylation is 2. The molecule has 1 aromatic heterocycles. The van der Waals surface area contributed by atoms with Crippen molar-refractivity contribution < 1.29 is 13.9 Å². The number of carbonyl (C=O) groups is 1. The van der Waals surface area contributed by atoms with E-state index in [4.69, 9.17) is 4.74 Å². The van der Waals surface area contributed by atoms with Gasteiger partial charge in [0.05, 0.1) is 18.5 Å². The molecule has 0 saturated carbocycles. The molecule has 0 bridgehead atoms. The molecule has 0 radical (unpaired) electrons. The molecule has 2 aromatic carbocycles. The predicted octanol–water partition coefficient (Wildman–Crippen LogP) is 4.67. The highest BCUT2D eigenvalue weighted by Crippen LogP contribution is 2.22. The number of benzene rings is 2. The molecule has 0 fully saturated rings. The third-order valence-electron chi connectivity index (χ3n) is 4.21. The van der Waals surface area contributed by atoms with Crippen molar-refractivity contribution in [3.8, 4) is 11.4 Å². The van der Waals surface area contributed by atoms with Gasteiger partial charge in [-0.2, -0.15) is 5.10 Å². The Morgan fingerprint density at radius 3 is 2.56 bits per heavy atom. The summed E-state index contributed by atoms with van der Waals surface area (Å²) in [5.74, 6) is -0.297. The van der Waals surface area contributed by atoms with Gasteiger partial charge in [0.25, 0.3) is 5.91 Å². The van der Waals surface area contributed by atoms with E-state index in [0.29, 0.717) is 23.7 Å². The lowest BCUT2D eigenvalue weighted by Crippen LogP contribution is -2.15. The fourth-order valence-corrected chi connectivity index (χ4v) is 2.57. The number of amides is 1. The molecular weight excluding hydrogens is 345 g/mol. The molecule has 0 aliphatic heterocycles. The molecule has 0 atom stereocenters. The second-order valence-corrected chi connectivity index (χ2v) is 6.36. The third kappa shape index (κ3) is 4.34. The number of halogens is 1. The minimum absolute atomic E-state index is 0.186. The number of anilines is 1. The zero-order valence-electron chi connectivity index (χ0n) is 15.6. The predicted molar refractivity (Wildman–Crippen MR) is 103 cm³/mol. The Labute approximate surface area is 157 Å². The van der Waals surface area contributed by atoms with Gasteiger partial charge in [0.15, 0.2) is 11.4 Å². The van der Waals surface area contributed by atoms with Gasteiger partial charge in [-0.25, -0.2) is 9.07 Å². The van der Waals surface area contributed by atoms with Crippen LogP contribution < -0.4 is 10.1 Å². The van der Waals surface area contributed by atoms with Crippen LogP contribution in [-0.2, 0) is 0 Å². The lowest BCUT2D eigenvalue weighted by atomic mass is 10.1. The summed E-state index contributed by atoms with van der Waals surface area (Å²) < 4.78 is 20.4. The SMILES string of the molecule is CCCOc1cn(-c2ccc(F)cc2)nc1C(=O)Nc1ccc(C)c(C)c1. The molecule has 0 aliphatic carbocycles. The maximum atomic E-state index is 13.2. The zero-order chi connectivity index (χ0) is 19.4. The van der Waals surface area contributed by atoms with Crippen LogP contribution in [0.5, 0.6) is 5.75 Å². The zero-order valence-corrected chi connectivity index (χ0v) is 15.6. The van der Waals surface area contributed by atoms with Crippen molar-refractivity contribution in [2.75, 3.05) is 11.9 Å². The number of nitrogens with one attached hydrogen (secondary N) is 1. The minimum atomic E-state index is -0.356. The Morgan fingerprint density at radius 2 is 1.89 bits per heavy atom. The van der Waals surface area contributed by atoms with Gasteiger partial charge in [-0.05, 0) is 67.8 Å². The van der Waals surface area contributed by atoms with Crippen molar-refractivity contribution in [2.24, 2.45) is 0 Å². The Hall–Kier alpha value is -3.15. The number of nitrogens with zero attached hydrogens (tertiary/aromatic N) is 2. The first-order chi connectivity index (χ1) is 13.0. The van der Waals surface area contributed by atoms with Crippen molar-refractivity contribution in [3.63, 3.8) is 0 Å². The van der Waals surface area contributed by atoms with E-state index in [1.54, 1.807) is 18.3 Å². The lowest BCUT2D eigenvalue weighted by Gasteiger charge is -2.08. The largest absolute Gasteiger partial charge is 0.489 e. The molecule has 3 aromatic rings. The minimum Gasteiger partial charge on any atom is -0.489 e. The van der Waals surface area contributed by atoms with Crippen molar-refractivity contribution in [3.05, 3.63) is 71.3 Å². The summed E-state index contributed by atoms with van der Waals surface area (Å²) in [7, 11) is 0. The molecule has 1 amide bonds. The molecule has 0 unspecified atom stereocenters. The van der Waals surface area contributed by atoms with Gasteiger partial charge in [-0.15, -0.1) is 0 Å². The summed E-state index contributed by atoms with van der Waals surface area (Å²) >= 11 is 0. The molecule has 3 rings (SSSR count). The van der Waals surface area contributed by atoms with Gasteiger partial charge >= 0.3 is 0 Å². The topological polar surface area (TPSA) is 56.2 Å². The van der Waals surface area contributed by atoms with E-state index in [9.17, 15) is 9.18 Å². The molecule has 27 heavy (non-hydrogen) atoms. The van der Waals surface area contributed by atoms with Crippen molar-refractivity contribution in [1.29, 1.82) is 0 Å². The smallest absolute Gasteiger partial charge is 0.280 e. The van der Waals surface area contributed by atoms with E-state index in [-0.39, 0.29) is 17.4 Å². The van der Waals surface area contributed by atoms with E-state index >= 15 is 0 Å². The molecule has 6 heteroatoms. The molecule has 5 nitrogen and oxygen atoms in total. The summed E-state index contributed by atoms with van der Waals surface area (Å²) in [6, 6.07) is 11.6. The highest BCUT2D eigenvalue weighted by molar-refractivity contribution is 6.04. The van der Waals surface area contributed by atoms with Crippen LogP contribution in [0.25, 0.3) is 5.69 Å². The Balaban J connectivity index is 1.90. The summed E-state index contributed by atoms with van der Waals surface area (Å²) in [4.78, 5) is 12.8.